The van der Waals surface area contributed by atoms with Crippen molar-refractivity contribution < 1.29 is 14.3 Å². The minimum atomic E-state index is -0.547. The Hall–Kier alpha value is -3.94. The van der Waals surface area contributed by atoms with Crippen molar-refractivity contribution in [2.75, 3.05) is 18.6 Å². The van der Waals surface area contributed by atoms with E-state index in [0.29, 0.717) is 16.9 Å². The quantitative estimate of drug-likeness (QED) is 0.381. The number of benzene rings is 2. The fourth-order valence-corrected chi connectivity index (χ4v) is 2.55. The monoisotopic (exact) mass is 377 g/mol. The van der Waals surface area contributed by atoms with Gasteiger partial charge in [0.05, 0.1) is 12.7 Å². The molecule has 0 aliphatic rings. The number of aromatic nitrogens is 3. The Morgan fingerprint density at radius 1 is 0.964 bits per heavy atom. The number of nitrogens with zero attached hydrogens (tertiary/aromatic N) is 3. The maximum Gasteiger partial charge on any atom is 0.339 e. The topological polar surface area (TPSA) is 126 Å². The number of ether oxygens (including phenoxy) is 2. The van der Waals surface area contributed by atoms with Crippen LogP contribution in [0.2, 0.25) is 0 Å². The third-order valence-corrected chi connectivity index (χ3v) is 3.79. The maximum absolute atomic E-state index is 12.8. The lowest BCUT2D eigenvalue weighted by molar-refractivity contribution is -0.138. The van der Waals surface area contributed by atoms with E-state index < -0.39 is 5.97 Å². The van der Waals surface area contributed by atoms with Crippen LogP contribution in [0.5, 0.6) is 5.75 Å². The molecule has 0 aliphatic carbocycles. The van der Waals surface area contributed by atoms with Gasteiger partial charge in [-0.2, -0.15) is 15.0 Å². The van der Waals surface area contributed by atoms with Gasteiger partial charge in [-0.15, -0.1) is 0 Å². The highest BCUT2D eigenvalue weighted by molar-refractivity contribution is 6.21. The van der Waals surface area contributed by atoms with Gasteiger partial charge in [0, 0.05) is 5.56 Å². The van der Waals surface area contributed by atoms with Crippen LogP contribution in [0.4, 0.5) is 11.9 Å². The first-order chi connectivity index (χ1) is 13.6. The second kappa shape index (κ2) is 8.63. The first-order valence-corrected chi connectivity index (χ1v) is 8.40. The number of nitrogens with two attached hydrogens (primary N) is 2. The Labute approximate surface area is 161 Å². The van der Waals surface area contributed by atoms with Crippen molar-refractivity contribution in [2.45, 2.75) is 6.61 Å². The fourth-order valence-electron chi connectivity index (χ4n) is 2.55. The van der Waals surface area contributed by atoms with Gasteiger partial charge in [0.1, 0.15) is 5.75 Å². The number of carbonyl (C=O) groups excluding carboxylic acids is 1. The highest BCUT2D eigenvalue weighted by Gasteiger charge is 2.16. The zero-order valence-electron chi connectivity index (χ0n) is 15.2. The van der Waals surface area contributed by atoms with E-state index in [1.807, 2.05) is 54.6 Å². The second-order valence-corrected chi connectivity index (χ2v) is 5.71. The summed E-state index contributed by atoms with van der Waals surface area (Å²) in [4.78, 5) is 24.3. The van der Waals surface area contributed by atoms with Gasteiger partial charge in [-0.25, -0.2) is 4.79 Å². The average Bonchev–Trinajstić information content (AvgIpc) is 2.70. The molecule has 0 saturated heterocycles. The molecule has 3 aromatic rings. The Kier molecular flexibility index (Phi) is 5.81. The van der Waals surface area contributed by atoms with Crippen molar-refractivity contribution >= 4 is 29.5 Å². The molecule has 0 aliphatic heterocycles. The van der Waals surface area contributed by atoms with Gasteiger partial charge in [-0.1, -0.05) is 48.5 Å². The predicted octanol–water partition coefficient (Wildman–Crippen LogP) is 2.33. The van der Waals surface area contributed by atoms with Crippen LogP contribution in [0.3, 0.4) is 0 Å². The molecule has 142 valence electrons. The summed E-state index contributed by atoms with van der Waals surface area (Å²) in [6.07, 6.45) is 1.71. The van der Waals surface area contributed by atoms with Crippen molar-refractivity contribution in [3.05, 3.63) is 71.5 Å². The van der Waals surface area contributed by atoms with Crippen LogP contribution in [-0.2, 0) is 16.1 Å². The number of esters is 1. The molecule has 8 heteroatoms. The lowest BCUT2D eigenvalue weighted by Crippen LogP contribution is -2.12. The molecule has 0 atom stereocenters. The van der Waals surface area contributed by atoms with Crippen LogP contribution >= 0.6 is 0 Å². The SMILES string of the molecule is COc1ccccc1/C=C(/C(=O)OCc1nc(N)nc(N)n1)c1ccccc1. The van der Waals surface area contributed by atoms with Crippen LogP contribution in [-0.4, -0.2) is 28.0 Å². The van der Waals surface area contributed by atoms with E-state index >= 15 is 0 Å². The molecule has 0 unspecified atom stereocenters. The Balaban J connectivity index is 1.90. The number of nitrogen functional groups attached to an aromatic ring is 2. The molecule has 0 fully saturated rings. The van der Waals surface area contributed by atoms with E-state index in [1.165, 1.54) is 0 Å². The number of hydrogen-bond donors (Lipinski definition) is 2. The summed E-state index contributed by atoms with van der Waals surface area (Å²) in [6.45, 7) is -0.189. The van der Waals surface area contributed by atoms with Crippen LogP contribution in [0, 0.1) is 0 Å². The van der Waals surface area contributed by atoms with Crippen LogP contribution in [0.25, 0.3) is 11.6 Å². The number of carbonyl (C=O) groups is 1. The first-order valence-electron chi connectivity index (χ1n) is 8.40. The van der Waals surface area contributed by atoms with E-state index in [9.17, 15) is 4.79 Å². The lowest BCUT2D eigenvalue weighted by Gasteiger charge is -2.10. The molecule has 0 spiro atoms. The molecule has 0 radical (unpaired) electrons. The van der Waals surface area contributed by atoms with Crippen molar-refractivity contribution in [2.24, 2.45) is 0 Å². The van der Waals surface area contributed by atoms with Crippen molar-refractivity contribution in [3.8, 4) is 5.75 Å². The van der Waals surface area contributed by atoms with E-state index in [1.54, 1.807) is 13.2 Å². The molecule has 28 heavy (non-hydrogen) atoms. The highest BCUT2D eigenvalue weighted by atomic mass is 16.5. The standard InChI is InChI=1S/C20H19N5O3/c1-27-16-10-6-5-9-14(16)11-15(13-7-3-2-4-8-13)18(26)28-12-17-23-19(21)25-20(22)24-17/h2-11H,12H2,1H3,(H4,21,22,23,24,25)/b15-11+. The summed E-state index contributed by atoms with van der Waals surface area (Å²) in [5.74, 6) is 0.192. The molecule has 2 aromatic carbocycles. The van der Waals surface area contributed by atoms with Gasteiger partial charge in [-0.3, -0.25) is 0 Å². The molecule has 1 aromatic heterocycles. The van der Waals surface area contributed by atoms with Gasteiger partial charge >= 0.3 is 5.97 Å². The Bertz CT molecular complexity index is 985. The molecule has 0 bridgehead atoms. The molecule has 3 rings (SSSR count). The molecule has 0 saturated carbocycles. The summed E-state index contributed by atoms with van der Waals surface area (Å²) < 4.78 is 10.8. The van der Waals surface area contributed by atoms with Crippen LogP contribution < -0.4 is 16.2 Å². The van der Waals surface area contributed by atoms with Gasteiger partial charge < -0.3 is 20.9 Å². The summed E-state index contributed by atoms with van der Waals surface area (Å²) >= 11 is 0. The van der Waals surface area contributed by atoms with Crippen LogP contribution in [0.1, 0.15) is 17.0 Å². The van der Waals surface area contributed by atoms with Gasteiger partial charge in [0.15, 0.2) is 12.4 Å². The summed E-state index contributed by atoms with van der Waals surface area (Å²) in [5, 5.41) is 0. The minimum absolute atomic E-state index is 0.0357. The lowest BCUT2D eigenvalue weighted by atomic mass is 10.0. The third-order valence-electron chi connectivity index (χ3n) is 3.79. The Morgan fingerprint density at radius 3 is 2.29 bits per heavy atom. The molecule has 4 N–H and O–H groups in total. The summed E-state index contributed by atoms with van der Waals surface area (Å²) in [7, 11) is 1.57. The van der Waals surface area contributed by atoms with E-state index in [4.69, 9.17) is 20.9 Å². The summed E-state index contributed by atoms with van der Waals surface area (Å²) in [5.41, 5.74) is 12.9. The molecule has 8 nitrogen and oxygen atoms in total. The zero-order chi connectivity index (χ0) is 19.9. The number of anilines is 2. The van der Waals surface area contributed by atoms with E-state index in [2.05, 4.69) is 15.0 Å². The number of rotatable bonds is 6. The Morgan fingerprint density at radius 2 is 1.61 bits per heavy atom. The zero-order valence-corrected chi connectivity index (χ0v) is 15.2. The number of hydrogen-bond acceptors (Lipinski definition) is 8. The third kappa shape index (κ3) is 4.61. The second-order valence-electron chi connectivity index (χ2n) is 5.71. The maximum atomic E-state index is 12.8. The van der Waals surface area contributed by atoms with E-state index in [-0.39, 0.29) is 24.3 Å². The smallest absolute Gasteiger partial charge is 0.339 e. The molecule has 0 amide bonds. The van der Waals surface area contributed by atoms with Gasteiger partial charge in [0.2, 0.25) is 11.9 Å². The van der Waals surface area contributed by atoms with Crippen molar-refractivity contribution in [1.29, 1.82) is 0 Å². The normalized spacial score (nSPS) is 11.1. The minimum Gasteiger partial charge on any atom is -0.496 e. The van der Waals surface area contributed by atoms with Crippen molar-refractivity contribution in [1.82, 2.24) is 15.0 Å². The summed E-state index contributed by atoms with van der Waals surface area (Å²) in [6, 6.07) is 16.6. The average molecular weight is 377 g/mol. The predicted molar refractivity (Wildman–Crippen MR) is 106 cm³/mol. The molecular formula is C20H19N5O3. The highest BCUT2D eigenvalue weighted by Crippen LogP contribution is 2.25. The number of methoxy groups -OCH3 is 1. The van der Waals surface area contributed by atoms with E-state index in [0.717, 1.165) is 5.56 Å². The number of para-hydroxylation sites is 1. The molecule has 1 heterocycles. The van der Waals surface area contributed by atoms with Gasteiger partial charge in [0.25, 0.3) is 0 Å². The largest absolute Gasteiger partial charge is 0.496 e. The molecular weight excluding hydrogens is 358 g/mol. The van der Waals surface area contributed by atoms with Crippen LogP contribution in [0.15, 0.2) is 54.6 Å². The fraction of sp³-hybridized carbons (Fsp3) is 0.100. The van der Waals surface area contributed by atoms with Crippen molar-refractivity contribution in [3.63, 3.8) is 0 Å². The van der Waals surface area contributed by atoms with Gasteiger partial charge in [-0.05, 0) is 17.7 Å². The first kappa shape index (κ1) is 18.8.